The van der Waals surface area contributed by atoms with E-state index in [0.717, 1.165) is 15.5 Å². The van der Waals surface area contributed by atoms with E-state index >= 15 is 0 Å². The van der Waals surface area contributed by atoms with Crippen LogP contribution in [-0.2, 0) is 0 Å². The van der Waals surface area contributed by atoms with E-state index in [1.165, 1.54) is 0 Å². The summed E-state index contributed by atoms with van der Waals surface area (Å²) in [6.07, 6.45) is 3.36. The maximum absolute atomic E-state index is 4.19. The second-order valence-corrected chi connectivity index (χ2v) is 2.58. The van der Waals surface area contributed by atoms with Crippen LogP contribution in [0.5, 0.6) is 0 Å². The average Bonchev–Trinajstić information content (AvgIpc) is 2.04. The van der Waals surface area contributed by atoms with Gasteiger partial charge in [-0.1, -0.05) is 25.3 Å². The smallest absolute Gasteiger partial charge is 0.0828 e. The van der Waals surface area contributed by atoms with Gasteiger partial charge in [-0.2, -0.15) is 0 Å². The number of aromatic nitrogens is 1. The van der Waals surface area contributed by atoms with E-state index in [-0.39, 0.29) is 0 Å². The quantitative estimate of drug-likeness (QED) is 0.602. The van der Waals surface area contributed by atoms with E-state index in [0.29, 0.717) is 0 Å². The van der Waals surface area contributed by atoms with Crippen LogP contribution in [0.25, 0.3) is 11.5 Å². The van der Waals surface area contributed by atoms with Gasteiger partial charge in [0.1, 0.15) is 0 Å². The summed E-state index contributed by atoms with van der Waals surface area (Å²) < 4.78 is 0. The van der Waals surface area contributed by atoms with Gasteiger partial charge in [0.05, 0.1) is 5.35 Å². The average molecular weight is 163 g/mol. The molecule has 11 heavy (non-hydrogen) atoms. The molecule has 1 nitrogen and oxygen atoms in total. The Balaban J connectivity index is 3.59. The molecule has 0 unspecified atom stereocenters. The van der Waals surface area contributed by atoms with Crippen LogP contribution >= 0.6 is 12.6 Å². The van der Waals surface area contributed by atoms with Gasteiger partial charge in [0, 0.05) is 11.1 Å². The van der Waals surface area contributed by atoms with Gasteiger partial charge in [-0.3, -0.25) is 4.98 Å². The van der Waals surface area contributed by atoms with Gasteiger partial charge in [0.2, 0.25) is 0 Å². The van der Waals surface area contributed by atoms with Crippen LogP contribution < -0.4 is 10.6 Å². The first-order valence-corrected chi connectivity index (χ1v) is 3.66. The second-order valence-electron chi connectivity index (χ2n) is 2.10. The van der Waals surface area contributed by atoms with Crippen molar-refractivity contribution in [2.24, 2.45) is 0 Å². The summed E-state index contributed by atoms with van der Waals surface area (Å²) in [6, 6.07) is 3.73. The lowest BCUT2D eigenvalue weighted by Gasteiger charge is -1.89. The molecule has 0 aromatic carbocycles. The molecule has 1 aromatic rings. The van der Waals surface area contributed by atoms with E-state index in [1.54, 1.807) is 12.3 Å². The molecule has 0 fully saturated rings. The summed E-state index contributed by atoms with van der Waals surface area (Å²) in [4.78, 5) is 4.86. The Morgan fingerprint density at radius 2 is 2.36 bits per heavy atom. The number of pyridine rings is 1. The molecule has 0 atom stereocenters. The highest BCUT2D eigenvalue weighted by atomic mass is 32.1. The molecule has 0 saturated carbocycles. The third-order valence-electron chi connectivity index (χ3n) is 1.33. The van der Waals surface area contributed by atoms with Gasteiger partial charge >= 0.3 is 0 Å². The zero-order valence-electron chi connectivity index (χ0n) is 6.12. The van der Waals surface area contributed by atoms with E-state index in [1.807, 2.05) is 12.1 Å². The van der Waals surface area contributed by atoms with Gasteiger partial charge < -0.3 is 0 Å². The van der Waals surface area contributed by atoms with Gasteiger partial charge in [0.15, 0.2) is 0 Å². The van der Waals surface area contributed by atoms with Gasteiger partial charge in [-0.05, 0) is 11.3 Å². The lowest BCUT2D eigenvalue weighted by Crippen LogP contribution is -2.27. The van der Waals surface area contributed by atoms with Crippen molar-refractivity contribution in [1.29, 1.82) is 0 Å². The molecule has 0 bridgehead atoms. The minimum absolute atomic E-state index is 0.760. The Kier molecular flexibility index (Phi) is 2.49. The molecule has 0 saturated heterocycles. The third-order valence-corrected chi connectivity index (χ3v) is 1.72. The summed E-state index contributed by atoms with van der Waals surface area (Å²) in [5, 5.41) is 1.67. The van der Waals surface area contributed by atoms with E-state index in [2.05, 4.69) is 30.8 Å². The van der Waals surface area contributed by atoms with Crippen molar-refractivity contribution in [2.75, 3.05) is 0 Å². The van der Waals surface area contributed by atoms with E-state index in [4.69, 9.17) is 0 Å². The maximum Gasteiger partial charge on any atom is 0.0828 e. The van der Waals surface area contributed by atoms with Crippen LogP contribution in [0, 0.1) is 0 Å². The third kappa shape index (κ3) is 1.71. The molecule has 0 aliphatic heterocycles. The van der Waals surface area contributed by atoms with Crippen molar-refractivity contribution in [3.63, 3.8) is 0 Å². The first-order chi connectivity index (χ1) is 5.25. The standard InChI is InChI=1S/C9H9NS/c1-3-8(11)9-7(2)5-4-6-10-9/h3-6,11H,1-2H2/b9-8-. The summed E-state index contributed by atoms with van der Waals surface area (Å²) in [5.41, 5.74) is 0. The molecule has 1 heterocycles. The van der Waals surface area contributed by atoms with Crippen LogP contribution in [0.2, 0.25) is 0 Å². The van der Waals surface area contributed by atoms with Crippen molar-refractivity contribution in [3.05, 3.63) is 41.6 Å². The second kappa shape index (κ2) is 3.39. The minimum atomic E-state index is 0.760. The number of nitrogens with zero attached hydrogens (tertiary/aromatic N) is 1. The molecule has 56 valence electrons. The predicted molar refractivity (Wildman–Crippen MR) is 51.6 cm³/mol. The van der Waals surface area contributed by atoms with E-state index in [9.17, 15) is 0 Å². The van der Waals surface area contributed by atoms with Gasteiger partial charge in [-0.15, -0.1) is 12.6 Å². The fraction of sp³-hybridized carbons (Fsp3) is 0. The fourth-order valence-corrected chi connectivity index (χ4v) is 0.967. The van der Waals surface area contributed by atoms with Crippen molar-refractivity contribution < 1.29 is 0 Å². The number of thiol groups is 1. The zero-order chi connectivity index (χ0) is 8.27. The monoisotopic (exact) mass is 163 g/mol. The molecule has 0 amide bonds. The Labute approximate surface area is 71.2 Å². The molecular weight excluding hydrogens is 154 g/mol. The molecule has 0 radical (unpaired) electrons. The Bertz CT molecular complexity index is 367. The lowest BCUT2D eigenvalue weighted by molar-refractivity contribution is 1.22. The highest BCUT2D eigenvalue weighted by Crippen LogP contribution is 1.95. The Morgan fingerprint density at radius 1 is 1.64 bits per heavy atom. The first kappa shape index (κ1) is 8.08. The van der Waals surface area contributed by atoms with E-state index < -0.39 is 0 Å². The highest BCUT2D eigenvalue weighted by Gasteiger charge is 1.86. The van der Waals surface area contributed by atoms with Crippen LogP contribution in [0.4, 0.5) is 0 Å². The SMILES string of the molecule is C=C/C(S)=c1/ncccc1=C. The molecule has 0 N–H and O–H groups in total. The van der Waals surface area contributed by atoms with Crippen molar-refractivity contribution in [2.45, 2.75) is 0 Å². The number of hydrogen-bond acceptors (Lipinski definition) is 2. The maximum atomic E-state index is 4.19. The van der Waals surface area contributed by atoms with Crippen LogP contribution in [0.15, 0.2) is 31.0 Å². The molecule has 0 spiro atoms. The van der Waals surface area contributed by atoms with Crippen molar-refractivity contribution >= 4 is 24.1 Å². The topological polar surface area (TPSA) is 12.9 Å². The summed E-state index contributed by atoms with van der Waals surface area (Å²) in [7, 11) is 0. The van der Waals surface area contributed by atoms with Crippen molar-refractivity contribution in [1.82, 2.24) is 4.98 Å². The van der Waals surface area contributed by atoms with Crippen LogP contribution in [-0.4, -0.2) is 4.98 Å². The predicted octanol–water partition coefficient (Wildman–Crippen LogP) is 0.716. The molecule has 1 rings (SSSR count). The van der Waals surface area contributed by atoms with Crippen LogP contribution in [0.1, 0.15) is 0 Å². The summed E-state index contributed by atoms with van der Waals surface area (Å²) >= 11 is 4.19. The summed E-state index contributed by atoms with van der Waals surface area (Å²) in [5.74, 6) is 0. The largest absolute Gasteiger partial charge is 0.255 e. The summed E-state index contributed by atoms with van der Waals surface area (Å²) in [6.45, 7) is 7.41. The highest BCUT2D eigenvalue weighted by molar-refractivity contribution is 7.90. The Morgan fingerprint density at radius 3 is 2.91 bits per heavy atom. The molecule has 1 aromatic heterocycles. The number of rotatable bonds is 1. The van der Waals surface area contributed by atoms with Crippen LogP contribution in [0.3, 0.4) is 0 Å². The van der Waals surface area contributed by atoms with Gasteiger partial charge in [0.25, 0.3) is 0 Å². The molecular formula is C9H9NS. The fourth-order valence-electron chi connectivity index (χ4n) is 0.766. The lowest BCUT2D eigenvalue weighted by atomic mass is 10.3. The van der Waals surface area contributed by atoms with Gasteiger partial charge in [-0.25, -0.2) is 0 Å². The minimum Gasteiger partial charge on any atom is -0.255 e. The zero-order valence-corrected chi connectivity index (χ0v) is 7.01. The molecule has 2 heteroatoms. The first-order valence-electron chi connectivity index (χ1n) is 3.21. The molecule has 0 aliphatic carbocycles. The normalized spacial score (nSPS) is 12.5. The molecule has 0 aliphatic rings. The Hall–Kier alpha value is -1.02. The van der Waals surface area contributed by atoms with Crippen molar-refractivity contribution in [3.8, 4) is 0 Å². The number of hydrogen-bond donors (Lipinski definition) is 1.